The lowest BCUT2D eigenvalue weighted by atomic mass is 10.2. The summed E-state index contributed by atoms with van der Waals surface area (Å²) >= 11 is 6.99. The van der Waals surface area contributed by atoms with Crippen LogP contribution >= 0.6 is 22.9 Å². The number of aryl methyl sites for hydroxylation is 1. The molecule has 0 aliphatic rings. The summed E-state index contributed by atoms with van der Waals surface area (Å²) in [5.41, 5.74) is 1.70. The van der Waals surface area contributed by atoms with E-state index in [1.165, 1.54) is 6.33 Å². The summed E-state index contributed by atoms with van der Waals surface area (Å²) < 4.78 is 59.8. The maximum Gasteiger partial charge on any atom is 0.273 e. The van der Waals surface area contributed by atoms with E-state index in [0.717, 1.165) is 34.5 Å². The molecule has 4 heterocycles. The predicted octanol–water partition coefficient (Wildman–Crippen LogP) is 6.21. The van der Waals surface area contributed by atoms with Gasteiger partial charge < -0.3 is 5.32 Å². The Kier molecular flexibility index (Phi) is 6.13. The van der Waals surface area contributed by atoms with E-state index in [4.69, 9.17) is 11.6 Å². The summed E-state index contributed by atoms with van der Waals surface area (Å²) in [6.45, 7) is 1.65. The normalized spacial score (nSPS) is 11.8. The first-order valence-corrected chi connectivity index (χ1v) is 14.0. The van der Waals surface area contributed by atoms with Gasteiger partial charge in [0.15, 0.2) is 15.8 Å². The monoisotopic (exact) mass is 583 g/mol. The summed E-state index contributed by atoms with van der Waals surface area (Å²) in [4.78, 5) is 17.3. The van der Waals surface area contributed by atoms with Crippen molar-refractivity contribution in [1.82, 2.24) is 24.5 Å². The van der Waals surface area contributed by atoms with Crippen LogP contribution in [0.4, 0.5) is 26.0 Å². The number of anilines is 3. The molecule has 6 rings (SSSR count). The lowest BCUT2D eigenvalue weighted by Gasteiger charge is -2.14. The molecule has 0 atom stereocenters. The molecule has 9 nitrogen and oxygen atoms in total. The van der Waals surface area contributed by atoms with Crippen molar-refractivity contribution in [3.05, 3.63) is 88.8 Å². The van der Waals surface area contributed by atoms with Crippen molar-refractivity contribution in [3.8, 4) is 5.82 Å². The van der Waals surface area contributed by atoms with Gasteiger partial charge in [0.1, 0.15) is 35.5 Å². The molecular weight excluding hydrogens is 568 g/mol. The second-order valence-electron chi connectivity index (χ2n) is 8.40. The molecule has 6 aromatic rings. The molecule has 14 heteroatoms. The van der Waals surface area contributed by atoms with Crippen molar-refractivity contribution < 1.29 is 17.2 Å². The third kappa shape index (κ3) is 4.43. The van der Waals surface area contributed by atoms with E-state index in [2.05, 4.69) is 30.0 Å². The van der Waals surface area contributed by atoms with Crippen LogP contribution in [-0.4, -0.2) is 32.9 Å². The minimum Gasteiger partial charge on any atom is -0.333 e. The fraction of sp³-hybridized carbons (Fsp3) is 0.0400. The standard InChI is InChI=1S/C25H16ClF2N7O2S2/c1-13-10-38-25(20(13)26)39(36,37)34-16-7-6-14(27)22(21(16)28)33-24-23-17(29-11-30-24)8-9-19(32-23)35-12-31-15-4-2-3-5-18(15)35/h2-12,34H,1H3,(H,29,30,33). The zero-order chi connectivity index (χ0) is 27.3. The van der Waals surface area contributed by atoms with Gasteiger partial charge in [0, 0.05) is 0 Å². The highest BCUT2D eigenvalue weighted by Crippen LogP contribution is 2.35. The van der Waals surface area contributed by atoms with Crippen molar-refractivity contribution in [2.24, 2.45) is 0 Å². The van der Waals surface area contributed by atoms with Crippen LogP contribution in [0.5, 0.6) is 0 Å². The Morgan fingerprint density at radius 1 is 1.00 bits per heavy atom. The number of rotatable bonds is 6. The van der Waals surface area contributed by atoms with Gasteiger partial charge in [-0.25, -0.2) is 37.1 Å². The van der Waals surface area contributed by atoms with Crippen molar-refractivity contribution in [2.45, 2.75) is 11.1 Å². The predicted molar refractivity (Wildman–Crippen MR) is 146 cm³/mol. The second kappa shape index (κ2) is 9.52. The number of halogens is 3. The number of pyridine rings is 1. The fourth-order valence-corrected chi connectivity index (χ4v) is 6.88. The Labute approximate surface area is 229 Å². The Bertz CT molecular complexity index is 2010. The molecule has 0 saturated heterocycles. The number of aromatic nitrogens is 5. The molecule has 39 heavy (non-hydrogen) atoms. The molecule has 0 radical (unpaired) electrons. The molecule has 2 N–H and O–H groups in total. The van der Waals surface area contributed by atoms with Crippen molar-refractivity contribution in [2.75, 3.05) is 10.0 Å². The van der Waals surface area contributed by atoms with Gasteiger partial charge in [-0.15, -0.1) is 11.3 Å². The van der Waals surface area contributed by atoms with Crippen molar-refractivity contribution in [3.63, 3.8) is 0 Å². The maximum absolute atomic E-state index is 15.5. The van der Waals surface area contributed by atoms with Gasteiger partial charge in [-0.1, -0.05) is 23.7 Å². The van der Waals surface area contributed by atoms with E-state index in [9.17, 15) is 12.8 Å². The molecule has 0 aliphatic heterocycles. The van der Waals surface area contributed by atoms with Crippen LogP contribution in [0.25, 0.3) is 27.9 Å². The summed E-state index contributed by atoms with van der Waals surface area (Å²) in [6.07, 6.45) is 2.84. The first-order valence-electron chi connectivity index (χ1n) is 11.3. The molecule has 0 unspecified atom stereocenters. The molecule has 4 aromatic heterocycles. The van der Waals surface area contributed by atoms with Crippen LogP contribution in [0, 0.1) is 18.6 Å². The van der Waals surface area contributed by atoms with E-state index in [1.807, 2.05) is 24.3 Å². The number of hydrogen-bond acceptors (Lipinski definition) is 8. The van der Waals surface area contributed by atoms with Gasteiger partial charge in [0.05, 0.1) is 27.3 Å². The van der Waals surface area contributed by atoms with Crippen molar-refractivity contribution in [1.29, 1.82) is 0 Å². The van der Waals surface area contributed by atoms with E-state index in [-0.39, 0.29) is 20.6 Å². The van der Waals surface area contributed by atoms with Crippen LogP contribution < -0.4 is 10.0 Å². The third-order valence-electron chi connectivity index (χ3n) is 5.86. The third-order valence-corrected chi connectivity index (χ3v) is 9.59. The highest BCUT2D eigenvalue weighted by atomic mass is 35.5. The van der Waals surface area contributed by atoms with Gasteiger partial charge in [0.2, 0.25) is 0 Å². The minimum absolute atomic E-state index is 0.0148. The molecule has 2 aromatic carbocycles. The summed E-state index contributed by atoms with van der Waals surface area (Å²) in [5, 5.41) is 4.23. The molecule has 0 fully saturated rings. The van der Waals surface area contributed by atoms with Crippen molar-refractivity contribution >= 4 is 72.2 Å². The van der Waals surface area contributed by atoms with Crippen LogP contribution in [0.3, 0.4) is 0 Å². The van der Waals surface area contributed by atoms with E-state index in [0.29, 0.717) is 16.9 Å². The topological polar surface area (TPSA) is 115 Å². The molecule has 0 bridgehead atoms. The summed E-state index contributed by atoms with van der Waals surface area (Å²) in [6, 6.07) is 12.9. The Balaban J connectivity index is 1.39. The average Bonchev–Trinajstić information content (AvgIpc) is 3.51. The second-order valence-corrected chi connectivity index (χ2v) is 11.5. The SMILES string of the molecule is Cc1csc(S(=O)(=O)Nc2ccc(F)c(Nc3ncnc4ccc(-n5cnc6ccccc65)nc34)c2F)c1Cl. The highest BCUT2D eigenvalue weighted by molar-refractivity contribution is 7.94. The number of nitrogens with zero attached hydrogens (tertiary/aromatic N) is 5. The molecule has 0 saturated carbocycles. The van der Waals surface area contributed by atoms with Crippen LogP contribution in [0.2, 0.25) is 5.02 Å². The van der Waals surface area contributed by atoms with Gasteiger partial charge in [-0.2, -0.15) is 0 Å². The molecule has 0 spiro atoms. The van der Waals surface area contributed by atoms with Gasteiger partial charge in [-0.05, 0) is 54.3 Å². The zero-order valence-electron chi connectivity index (χ0n) is 19.9. The smallest absolute Gasteiger partial charge is 0.273 e. The highest BCUT2D eigenvalue weighted by Gasteiger charge is 2.25. The number of sulfonamides is 1. The Morgan fingerprint density at radius 3 is 2.62 bits per heavy atom. The molecule has 0 aliphatic carbocycles. The number of fused-ring (bicyclic) bond motifs is 2. The van der Waals surface area contributed by atoms with Crippen LogP contribution in [0.1, 0.15) is 5.56 Å². The average molecular weight is 584 g/mol. The minimum atomic E-state index is -4.23. The fourth-order valence-electron chi connectivity index (χ4n) is 3.94. The zero-order valence-corrected chi connectivity index (χ0v) is 22.2. The first kappa shape index (κ1) is 25.1. The number of para-hydroxylation sites is 2. The van der Waals surface area contributed by atoms with E-state index in [1.54, 1.807) is 35.3 Å². The first-order chi connectivity index (χ1) is 18.7. The van der Waals surface area contributed by atoms with E-state index >= 15 is 4.39 Å². The lowest BCUT2D eigenvalue weighted by Crippen LogP contribution is -2.14. The number of imidazole rings is 1. The van der Waals surface area contributed by atoms with Crippen LogP contribution in [-0.2, 0) is 10.0 Å². The molecule has 0 amide bonds. The molecule has 196 valence electrons. The number of hydrogen-bond donors (Lipinski definition) is 2. The Morgan fingerprint density at radius 2 is 1.82 bits per heavy atom. The Hall–Kier alpha value is -4.20. The quantitative estimate of drug-likeness (QED) is 0.239. The molecular formula is C25H16ClF2N7O2S2. The van der Waals surface area contributed by atoms with Gasteiger partial charge in [-0.3, -0.25) is 9.29 Å². The lowest BCUT2D eigenvalue weighted by molar-refractivity contribution is 0.589. The number of thiophene rings is 1. The summed E-state index contributed by atoms with van der Waals surface area (Å²) in [5.74, 6) is -1.64. The van der Waals surface area contributed by atoms with Gasteiger partial charge in [0.25, 0.3) is 10.0 Å². The number of benzene rings is 2. The number of nitrogens with one attached hydrogen (secondary N) is 2. The largest absolute Gasteiger partial charge is 0.333 e. The van der Waals surface area contributed by atoms with Crippen LogP contribution in [0.15, 0.2) is 70.8 Å². The van der Waals surface area contributed by atoms with Gasteiger partial charge >= 0.3 is 0 Å². The summed E-state index contributed by atoms with van der Waals surface area (Å²) in [7, 11) is -4.23. The maximum atomic E-state index is 15.5. The van der Waals surface area contributed by atoms with E-state index < -0.39 is 33.0 Å².